The summed E-state index contributed by atoms with van der Waals surface area (Å²) in [5, 5.41) is 6.50. The van der Waals surface area contributed by atoms with Gasteiger partial charge in [0.25, 0.3) is 5.82 Å². The van der Waals surface area contributed by atoms with E-state index in [1.807, 2.05) is 31.2 Å². The van der Waals surface area contributed by atoms with Crippen molar-refractivity contribution in [2.24, 2.45) is 0 Å². The molecule has 0 spiro atoms. The van der Waals surface area contributed by atoms with Crippen LogP contribution in [-0.2, 0) is 6.18 Å². The van der Waals surface area contributed by atoms with Crippen molar-refractivity contribution in [1.82, 2.24) is 14.8 Å². The molecule has 1 N–H and O–H groups in total. The molecule has 0 bridgehead atoms. The molecule has 1 aliphatic heterocycles. The average molecular weight is 282 g/mol. The van der Waals surface area contributed by atoms with Crippen molar-refractivity contribution >= 4 is 5.95 Å². The number of benzene rings is 1. The largest absolute Gasteiger partial charge is 0.453 e. The van der Waals surface area contributed by atoms with Crippen LogP contribution in [0.4, 0.5) is 19.1 Å². The van der Waals surface area contributed by atoms with Gasteiger partial charge >= 0.3 is 6.18 Å². The summed E-state index contributed by atoms with van der Waals surface area (Å²) in [6.45, 7) is 2.52. The van der Waals surface area contributed by atoms with E-state index in [1.54, 1.807) is 0 Å². The normalized spacial score (nSPS) is 18.5. The zero-order valence-electron chi connectivity index (χ0n) is 10.8. The molecule has 1 aliphatic rings. The molecule has 0 radical (unpaired) electrons. The second kappa shape index (κ2) is 4.50. The number of alkyl halides is 3. The van der Waals surface area contributed by atoms with Gasteiger partial charge < -0.3 is 5.32 Å². The molecule has 2 aromatic rings. The lowest BCUT2D eigenvalue weighted by Crippen LogP contribution is -2.25. The van der Waals surface area contributed by atoms with Gasteiger partial charge in [-0.15, -0.1) is 5.10 Å². The van der Waals surface area contributed by atoms with E-state index in [2.05, 4.69) is 15.4 Å². The summed E-state index contributed by atoms with van der Waals surface area (Å²) in [4.78, 5) is 3.54. The first-order chi connectivity index (χ1) is 9.47. The molecule has 7 heteroatoms. The predicted octanol–water partition coefficient (Wildman–Crippen LogP) is 3.01. The summed E-state index contributed by atoms with van der Waals surface area (Å²) < 4.78 is 39.5. The van der Waals surface area contributed by atoms with Gasteiger partial charge in [0.2, 0.25) is 5.95 Å². The number of anilines is 1. The first-order valence-corrected chi connectivity index (χ1v) is 6.30. The van der Waals surface area contributed by atoms with Crippen molar-refractivity contribution < 1.29 is 13.2 Å². The summed E-state index contributed by atoms with van der Waals surface area (Å²) in [5.41, 5.74) is 2.02. The van der Waals surface area contributed by atoms with Gasteiger partial charge in [0.05, 0.1) is 6.04 Å². The smallest absolute Gasteiger partial charge is 0.354 e. The van der Waals surface area contributed by atoms with E-state index in [1.165, 1.54) is 4.68 Å². The molecule has 106 valence electrons. The van der Waals surface area contributed by atoms with Crippen molar-refractivity contribution in [2.75, 3.05) is 11.9 Å². The van der Waals surface area contributed by atoms with Crippen LogP contribution >= 0.6 is 0 Å². The first-order valence-electron chi connectivity index (χ1n) is 6.30. The maximum Gasteiger partial charge on any atom is 0.453 e. The highest BCUT2D eigenvalue weighted by Crippen LogP contribution is 2.33. The summed E-state index contributed by atoms with van der Waals surface area (Å²) in [5.74, 6) is -0.919. The number of rotatable bonds is 1. The molecular weight excluding hydrogens is 269 g/mol. The molecule has 1 unspecified atom stereocenters. The Labute approximate surface area is 113 Å². The van der Waals surface area contributed by atoms with E-state index >= 15 is 0 Å². The number of hydrogen-bond acceptors (Lipinski definition) is 3. The summed E-state index contributed by atoms with van der Waals surface area (Å²) in [6, 6.07) is 7.44. The van der Waals surface area contributed by atoms with Crippen molar-refractivity contribution in [3.05, 3.63) is 41.2 Å². The number of hydrogen-bond donors (Lipinski definition) is 1. The molecule has 0 fully saturated rings. The van der Waals surface area contributed by atoms with Gasteiger partial charge in [-0.1, -0.05) is 24.3 Å². The highest BCUT2D eigenvalue weighted by atomic mass is 19.4. The number of halogens is 3. The summed E-state index contributed by atoms with van der Waals surface area (Å²) in [7, 11) is 0. The monoisotopic (exact) mass is 282 g/mol. The second-order valence-electron chi connectivity index (χ2n) is 4.79. The molecule has 0 aliphatic carbocycles. The third-order valence-corrected chi connectivity index (χ3v) is 3.43. The number of nitrogens with one attached hydrogen (secondary N) is 1. The molecular formula is C13H13F3N4. The molecule has 1 aromatic heterocycles. The van der Waals surface area contributed by atoms with Gasteiger partial charge in [-0.3, -0.25) is 0 Å². The van der Waals surface area contributed by atoms with Crippen LogP contribution in [0, 0.1) is 6.92 Å². The van der Waals surface area contributed by atoms with Gasteiger partial charge in [-0.25, -0.2) is 4.68 Å². The van der Waals surface area contributed by atoms with Crippen molar-refractivity contribution in [3.63, 3.8) is 0 Å². The lowest BCUT2D eigenvalue weighted by Gasteiger charge is -2.25. The lowest BCUT2D eigenvalue weighted by atomic mass is 9.98. The second-order valence-corrected chi connectivity index (χ2v) is 4.79. The van der Waals surface area contributed by atoms with E-state index in [4.69, 9.17) is 0 Å². The molecule has 0 amide bonds. The molecule has 1 atom stereocenters. The standard InChI is InChI=1S/C13H13F3N4/c1-8-4-2-3-5-9(8)10-6-7-17-12-18-11(13(14,15)16)19-20(10)12/h2-5,10H,6-7H2,1H3,(H,17,18,19). The van der Waals surface area contributed by atoms with Crippen molar-refractivity contribution in [3.8, 4) is 0 Å². The zero-order chi connectivity index (χ0) is 14.3. The van der Waals surface area contributed by atoms with Crippen molar-refractivity contribution in [2.45, 2.75) is 25.6 Å². The molecule has 1 aromatic carbocycles. The Morgan fingerprint density at radius 2 is 2.05 bits per heavy atom. The molecule has 2 heterocycles. The molecule has 20 heavy (non-hydrogen) atoms. The van der Waals surface area contributed by atoms with Crippen LogP contribution in [0.5, 0.6) is 0 Å². The maximum atomic E-state index is 12.7. The Bertz CT molecular complexity index is 633. The Balaban J connectivity index is 2.06. The van der Waals surface area contributed by atoms with Crippen molar-refractivity contribution in [1.29, 1.82) is 0 Å². The molecule has 3 rings (SSSR count). The number of nitrogens with zero attached hydrogens (tertiary/aromatic N) is 3. The summed E-state index contributed by atoms with van der Waals surface area (Å²) >= 11 is 0. The van der Waals surface area contributed by atoms with E-state index in [0.717, 1.165) is 11.1 Å². The minimum Gasteiger partial charge on any atom is -0.354 e. The minimum absolute atomic E-state index is 0.178. The van der Waals surface area contributed by atoms with Crippen LogP contribution in [0.3, 0.4) is 0 Å². The van der Waals surface area contributed by atoms with Gasteiger partial charge in [-0.2, -0.15) is 18.2 Å². The topological polar surface area (TPSA) is 42.7 Å². The van der Waals surface area contributed by atoms with Gasteiger partial charge in [0, 0.05) is 6.54 Å². The predicted molar refractivity (Wildman–Crippen MR) is 67.4 cm³/mol. The van der Waals surface area contributed by atoms with Crippen LogP contribution < -0.4 is 5.32 Å². The van der Waals surface area contributed by atoms with Crippen LogP contribution in [0.15, 0.2) is 24.3 Å². The van der Waals surface area contributed by atoms with Gasteiger partial charge in [-0.05, 0) is 24.5 Å². The van der Waals surface area contributed by atoms with E-state index in [-0.39, 0.29) is 12.0 Å². The zero-order valence-corrected chi connectivity index (χ0v) is 10.8. The van der Waals surface area contributed by atoms with Gasteiger partial charge in [0.1, 0.15) is 0 Å². The lowest BCUT2D eigenvalue weighted by molar-refractivity contribution is -0.145. The quantitative estimate of drug-likeness (QED) is 0.874. The average Bonchev–Trinajstić information content (AvgIpc) is 2.83. The minimum atomic E-state index is -4.53. The fraction of sp³-hybridized carbons (Fsp3) is 0.385. The third-order valence-electron chi connectivity index (χ3n) is 3.43. The molecule has 0 saturated heterocycles. The summed E-state index contributed by atoms with van der Waals surface area (Å²) in [6.07, 6.45) is -3.85. The number of fused-ring (bicyclic) bond motifs is 1. The fourth-order valence-electron chi connectivity index (χ4n) is 2.47. The Morgan fingerprint density at radius 1 is 1.30 bits per heavy atom. The Kier molecular flexibility index (Phi) is 2.92. The maximum absolute atomic E-state index is 12.7. The molecule has 4 nitrogen and oxygen atoms in total. The third kappa shape index (κ3) is 2.13. The Morgan fingerprint density at radius 3 is 2.75 bits per heavy atom. The molecule has 0 saturated carbocycles. The van der Waals surface area contributed by atoms with Crippen LogP contribution in [0.2, 0.25) is 0 Å². The van der Waals surface area contributed by atoms with Gasteiger partial charge in [0.15, 0.2) is 0 Å². The first kappa shape index (κ1) is 13.0. The number of aromatic nitrogens is 3. The van der Waals surface area contributed by atoms with E-state index < -0.39 is 12.0 Å². The van der Waals surface area contributed by atoms with Crippen LogP contribution in [0.1, 0.15) is 29.4 Å². The highest BCUT2D eigenvalue weighted by Gasteiger charge is 2.39. The number of aryl methyl sites for hydroxylation is 1. The fourth-order valence-corrected chi connectivity index (χ4v) is 2.47. The Hall–Kier alpha value is -2.05. The SMILES string of the molecule is Cc1ccccc1C1CCNc2nc(C(F)(F)F)nn21. The van der Waals surface area contributed by atoms with Crippen LogP contribution in [-0.4, -0.2) is 21.3 Å². The van der Waals surface area contributed by atoms with Crippen LogP contribution in [0.25, 0.3) is 0 Å². The highest BCUT2D eigenvalue weighted by molar-refractivity contribution is 5.36. The van der Waals surface area contributed by atoms with E-state index in [0.29, 0.717) is 13.0 Å². The van der Waals surface area contributed by atoms with E-state index in [9.17, 15) is 13.2 Å².